The molecule has 0 spiro atoms. The Kier molecular flexibility index (Phi) is 6.57. The maximum Gasteiger partial charge on any atom is 0.270 e. The summed E-state index contributed by atoms with van der Waals surface area (Å²) in [6.07, 6.45) is 0. The number of anilines is 1. The number of methoxy groups -OCH3 is 3. The zero-order valence-corrected chi connectivity index (χ0v) is 18.9. The summed E-state index contributed by atoms with van der Waals surface area (Å²) in [5.41, 5.74) is 6.11. The third kappa shape index (κ3) is 4.07. The van der Waals surface area contributed by atoms with Crippen LogP contribution in [0.3, 0.4) is 0 Å². The summed E-state index contributed by atoms with van der Waals surface area (Å²) in [6, 6.07) is 6.13. The summed E-state index contributed by atoms with van der Waals surface area (Å²) in [5, 5.41) is 2.61. The number of benzene rings is 2. The number of nitrogens with one attached hydrogen (secondary N) is 1. The van der Waals surface area contributed by atoms with E-state index in [4.69, 9.17) is 19.9 Å². The number of nitrogens with zero attached hydrogens (tertiary/aromatic N) is 1. The number of ether oxygens (including phenoxy) is 3. The molecule has 3 N–H and O–H groups in total. The van der Waals surface area contributed by atoms with Crippen molar-refractivity contribution in [2.45, 2.75) is 19.9 Å². The molecule has 0 bridgehead atoms. The molecule has 174 valence electrons. The first-order valence-corrected chi connectivity index (χ1v) is 10.1. The van der Waals surface area contributed by atoms with E-state index in [1.54, 1.807) is 13.8 Å². The molecule has 2 aromatic carbocycles. The number of imide groups is 3. The summed E-state index contributed by atoms with van der Waals surface area (Å²) in [4.78, 5) is 52.4. The maximum absolute atomic E-state index is 13.3. The van der Waals surface area contributed by atoms with Crippen molar-refractivity contribution in [3.05, 3.63) is 47.0 Å². The van der Waals surface area contributed by atoms with Crippen molar-refractivity contribution in [1.82, 2.24) is 10.2 Å². The molecule has 1 atom stereocenters. The molecule has 0 aromatic heterocycles. The molecule has 3 rings (SSSR count). The van der Waals surface area contributed by atoms with Gasteiger partial charge >= 0.3 is 0 Å². The summed E-state index contributed by atoms with van der Waals surface area (Å²) >= 11 is 0. The normalized spacial score (nSPS) is 13.6. The second-order valence-electron chi connectivity index (χ2n) is 7.66. The summed E-state index contributed by atoms with van der Waals surface area (Å²) < 4.78 is 15.8. The predicted octanol–water partition coefficient (Wildman–Crippen LogP) is 1.87. The molecule has 0 fully saturated rings. The van der Waals surface area contributed by atoms with E-state index < -0.39 is 35.6 Å². The van der Waals surface area contributed by atoms with E-state index in [9.17, 15) is 19.2 Å². The monoisotopic (exact) mass is 455 g/mol. The molecule has 33 heavy (non-hydrogen) atoms. The van der Waals surface area contributed by atoms with Crippen LogP contribution in [0.1, 0.15) is 44.9 Å². The maximum atomic E-state index is 13.3. The van der Waals surface area contributed by atoms with Crippen LogP contribution in [0.2, 0.25) is 0 Å². The molecule has 1 aliphatic heterocycles. The summed E-state index contributed by atoms with van der Waals surface area (Å²) in [7, 11) is 4.25. The van der Waals surface area contributed by atoms with Gasteiger partial charge in [0.05, 0.1) is 32.5 Å². The molecule has 0 saturated heterocycles. The van der Waals surface area contributed by atoms with Gasteiger partial charge in [0.2, 0.25) is 5.75 Å². The molecule has 1 unspecified atom stereocenters. The molecular weight excluding hydrogens is 430 g/mol. The number of carbonyl (C=O) groups is 4. The molecule has 0 aliphatic carbocycles. The van der Waals surface area contributed by atoms with E-state index in [2.05, 4.69) is 5.32 Å². The lowest BCUT2D eigenvalue weighted by atomic mass is 10.0. The molecule has 10 heteroatoms. The van der Waals surface area contributed by atoms with Crippen molar-refractivity contribution in [2.24, 2.45) is 5.92 Å². The number of nitrogens with two attached hydrogens (primary N) is 1. The van der Waals surface area contributed by atoms with Crippen molar-refractivity contribution in [3.63, 3.8) is 0 Å². The Morgan fingerprint density at radius 1 is 0.970 bits per heavy atom. The molecule has 1 aliphatic rings. The Hall–Kier alpha value is -4.08. The van der Waals surface area contributed by atoms with Crippen LogP contribution in [0, 0.1) is 5.92 Å². The van der Waals surface area contributed by atoms with Gasteiger partial charge in [-0.05, 0) is 30.2 Å². The largest absolute Gasteiger partial charge is 0.493 e. The molecule has 2 aromatic rings. The second kappa shape index (κ2) is 9.19. The molecule has 1 heterocycles. The van der Waals surface area contributed by atoms with Gasteiger partial charge in [-0.25, -0.2) is 4.90 Å². The fourth-order valence-electron chi connectivity index (χ4n) is 3.60. The average molecular weight is 455 g/mol. The summed E-state index contributed by atoms with van der Waals surface area (Å²) in [5.74, 6) is -2.70. The van der Waals surface area contributed by atoms with Gasteiger partial charge < -0.3 is 25.3 Å². The van der Waals surface area contributed by atoms with Crippen LogP contribution in [-0.2, 0) is 4.79 Å². The van der Waals surface area contributed by atoms with Crippen LogP contribution in [0.5, 0.6) is 17.2 Å². The van der Waals surface area contributed by atoms with Gasteiger partial charge in [0, 0.05) is 11.3 Å². The standard InChI is InChI=1S/C23H25N3O7/c1-11(2)18(23(30)26-21(28)13-7-6-8-14(24)17(13)22(26)29)25-20(27)12-9-15(31-3)19(33-5)16(10-12)32-4/h6-11,18H,24H2,1-5H3,(H,25,27). The van der Waals surface area contributed by atoms with Crippen molar-refractivity contribution in [2.75, 3.05) is 27.1 Å². The highest BCUT2D eigenvalue weighted by atomic mass is 16.5. The van der Waals surface area contributed by atoms with Crippen LogP contribution in [0.25, 0.3) is 0 Å². The first kappa shape index (κ1) is 23.6. The third-order valence-electron chi connectivity index (χ3n) is 5.31. The first-order chi connectivity index (χ1) is 15.7. The highest BCUT2D eigenvalue weighted by Gasteiger charge is 2.44. The zero-order valence-electron chi connectivity index (χ0n) is 18.9. The molecule has 0 saturated carbocycles. The first-order valence-electron chi connectivity index (χ1n) is 10.1. The smallest absolute Gasteiger partial charge is 0.270 e. The lowest BCUT2D eigenvalue weighted by molar-refractivity contribution is -0.129. The van der Waals surface area contributed by atoms with Gasteiger partial charge in [-0.15, -0.1) is 0 Å². The van der Waals surface area contributed by atoms with Gasteiger partial charge in [0.25, 0.3) is 23.6 Å². The summed E-state index contributed by atoms with van der Waals surface area (Å²) in [6.45, 7) is 3.37. The van der Waals surface area contributed by atoms with Gasteiger partial charge in [-0.3, -0.25) is 19.2 Å². The van der Waals surface area contributed by atoms with Crippen molar-refractivity contribution in [1.29, 1.82) is 0 Å². The quantitative estimate of drug-likeness (QED) is 0.477. The zero-order chi connectivity index (χ0) is 24.4. The number of carbonyl (C=O) groups excluding carboxylic acids is 4. The van der Waals surface area contributed by atoms with Gasteiger partial charge in [-0.1, -0.05) is 19.9 Å². The van der Waals surface area contributed by atoms with E-state index in [0.717, 1.165) is 0 Å². The van der Waals surface area contributed by atoms with Crippen LogP contribution in [0.15, 0.2) is 30.3 Å². The Morgan fingerprint density at radius 3 is 2.06 bits per heavy atom. The Morgan fingerprint density at radius 2 is 1.58 bits per heavy atom. The van der Waals surface area contributed by atoms with Crippen molar-refractivity contribution < 1.29 is 33.4 Å². The van der Waals surface area contributed by atoms with Gasteiger partial charge in [0.15, 0.2) is 11.5 Å². The minimum atomic E-state index is -1.17. The fourth-order valence-corrected chi connectivity index (χ4v) is 3.60. The highest BCUT2D eigenvalue weighted by molar-refractivity contribution is 6.31. The number of amides is 4. The number of fused-ring (bicyclic) bond motifs is 1. The lowest BCUT2D eigenvalue weighted by Gasteiger charge is -2.25. The molecule has 10 nitrogen and oxygen atoms in total. The average Bonchev–Trinajstić information content (AvgIpc) is 3.06. The van der Waals surface area contributed by atoms with E-state index >= 15 is 0 Å². The van der Waals surface area contributed by atoms with Gasteiger partial charge in [0.1, 0.15) is 6.04 Å². The van der Waals surface area contributed by atoms with Crippen LogP contribution < -0.4 is 25.3 Å². The highest BCUT2D eigenvalue weighted by Crippen LogP contribution is 2.38. The minimum absolute atomic E-state index is 0.0192. The van der Waals surface area contributed by atoms with Crippen LogP contribution >= 0.6 is 0 Å². The SMILES string of the molecule is COc1cc(C(=O)NC(C(=O)N2C(=O)c3cccc(N)c3C2=O)C(C)C)cc(OC)c1OC. The number of rotatable bonds is 7. The Labute approximate surface area is 190 Å². The van der Waals surface area contributed by atoms with Crippen molar-refractivity contribution in [3.8, 4) is 17.2 Å². The minimum Gasteiger partial charge on any atom is -0.493 e. The Balaban J connectivity index is 1.91. The number of nitrogen functional groups attached to an aromatic ring is 1. The van der Waals surface area contributed by atoms with E-state index in [0.29, 0.717) is 10.6 Å². The van der Waals surface area contributed by atoms with Crippen LogP contribution in [0.4, 0.5) is 5.69 Å². The van der Waals surface area contributed by atoms with E-state index in [-0.39, 0.29) is 33.9 Å². The van der Waals surface area contributed by atoms with Crippen molar-refractivity contribution >= 4 is 29.3 Å². The topological polar surface area (TPSA) is 137 Å². The van der Waals surface area contributed by atoms with Gasteiger partial charge in [-0.2, -0.15) is 0 Å². The lowest BCUT2D eigenvalue weighted by Crippen LogP contribution is -2.52. The third-order valence-corrected chi connectivity index (χ3v) is 5.31. The fraction of sp³-hybridized carbons (Fsp3) is 0.304. The number of hydrogen-bond acceptors (Lipinski definition) is 8. The second-order valence-corrected chi connectivity index (χ2v) is 7.66. The van der Waals surface area contributed by atoms with Crippen LogP contribution in [-0.4, -0.2) is 55.9 Å². The molecular formula is C23H25N3O7. The van der Waals surface area contributed by atoms with E-state index in [1.807, 2.05) is 0 Å². The molecule has 0 radical (unpaired) electrons. The predicted molar refractivity (Wildman–Crippen MR) is 119 cm³/mol. The Bertz CT molecular complexity index is 1120. The number of hydrogen-bond donors (Lipinski definition) is 2. The molecule has 4 amide bonds. The van der Waals surface area contributed by atoms with E-state index in [1.165, 1.54) is 51.7 Å².